The standard InChI is InChI=1S/C14H14F3N3O3/c15-14(16,17)10-3-1-9(2-4-10)7-12(22)18-6-5-11-19-13(8-21)23-20-11/h1-4,21H,5-8H2,(H,18,22). The summed E-state index contributed by atoms with van der Waals surface area (Å²) in [6.07, 6.45) is -4.09. The van der Waals surface area contributed by atoms with Gasteiger partial charge in [-0.05, 0) is 17.7 Å². The number of rotatable bonds is 6. The molecule has 1 aromatic heterocycles. The van der Waals surface area contributed by atoms with Crippen LogP contribution in [0.15, 0.2) is 28.8 Å². The number of nitrogens with one attached hydrogen (secondary N) is 1. The molecule has 2 aromatic rings. The van der Waals surface area contributed by atoms with E-state index in [0.717, 1.165) is 12.1 Å². The van der Waals surface area contributed by atoms with Crippen molar-refractivity contribution in [2.75, 3.05) is 6.54 Å². The fourth-order valence-corrected chi connectivity index (χ4v) is 1.83. The summed E-state index contributed by atoms with van der Waals surface area (Å²) in [7, 11) is 0. The summed E-state index contributed by atoms with van der Waals surface area (Å²) in [5, 5.41) is 15.0. The zero-order chi connectivity index (χ0) is 16.9. The van der Waals surface area contributed by atoms with E-state index in [0.29, 0.717) is 17.8 Å². The van der Waals surface area contributed by atoms with Gasteiger partial charge in [-0.3, -0.25) is 4.79 Å². The smallest absolute Gasteiger partial charge is 0.387 e. The Bertz CT molecular complexity index is 653. The number of aliphatic hydroxyl groups excluding tert-OH is 1. The van der Waals surface area contributed by atoms with Gasteiger partial charge in [0.05, 0.1) is 12.0 Å². The minimum atomic E-state index is -4.39. The number of halogens is 3. The maximum absolute atomic E-state index is 12.4. The number of benzene rings is 1. The van der Waals surface area contributed by atoms with E-state index in [1.807, 2.05) is 0 Å². The van der Waals surface area contributed by atoms with Gasteiger partial charge in [-0.1, -0.05) is 17.3 Å². The molecule has 0 fully saturated rings. The molecule has 0 saturated heterocycles. The van der Waals surface area contributed by atoms with Crippen molar-refractivity contribution < 1.29 is 27.6 Å². The SMILES string of the molecule is O=C(Cc1ccc(C(F)(F)F)cc1)NCCc1noc(CO)n1. The Hall–Kier alpha value is -2.42. The molecule has 0 bridgehead atoms. The maximum Gasteiger partial charge on any atom is 0.416 e. The van der Waals surface area contributed by atoms with Crippen molar-refractivity contribution in [3.8, 4) is 0 Å². The lowest BCUT2D eigenvalue weighted by molar-refractivity contribution is -0.137. The van der Waals surface area contributed by atoms with E-state index >= 15 is 0 Å². The molecule has 0 radical (unpaired) electrons. The molecule has 0 aliphatic heterocycles. The lowest BCUT2D eigenvalue weighted by Crippen LogP contribution is -2.27. The molecule has 2 N–H and O–H groups in total. The highest BCUT2D eigenvalue weighted by atomic mass is 19.4. The lowest BCUT2D eigenvalue weighted by atomic mass is 10.1. The van der Waals surface area contributed by atoms with Gasteiger partial charge < -0.3 is 14.9 Å². The first-order valence-corrected chi connectivity index (χ1v) is 6.73. The zero-order valence-corrected chi connectivity index (χ0v) is 11.9. The van der Waals surface area contributed by atoms with Crippen LogP contribution < -0.4 is 5.32 Å². The van der Waals surface area contributed by atoms with Crippen LogP contribution in [0.4, 0.5) is 13.2 Å². The van der Waals surface area contributed by atoms with Crippen LogP contribution in [0, 0.1) is 0 Å². The predicted octanol–water partition coefficient (Wildman–Crippen LogP) is 1.48. The Morgan fingerprint density at radius 3 is 2.52 bits per heavy atom. The monoisotopic (exact) mass is 329 g/mol. The fraction of sp³-hybridized carbons (Fsp3) is 0.357. The Morgan fingerprint density at radius 1 is 1.26 bits per heavy atom. The number of aliphatic hydroxyl groups is 1. The van der Waals surface area contributed by atoms with Gasteiger partial charge in [0.2, 0.25) is 5.91 Å². The molecule has 1 aromatic carbocycles. The number of aromatic nitrogens is 2. The first-order valence-electron chi connectivity index (χ1n) is 6.73. The second kappa shape index (κ2) is 7.23. The van der Waals surface area contributed by atoms with Crippen molar-refractivity contribution in [3.05, 3.63) is 47.1 Å². The van der Waals surface area contributed by atoms with Crippen LogP contribution in [-0.2, 0) is 30.4 Å². The average molecular weight is 329 g/mol. The molecule has 2 rings (SSSR count). The summed E-state index contributed by atoms with van der Waals surface area (Å²) in [5.74, 6) is 0.121. The van der Waals surface area contributed by atoms with Gasteiger partial charge in [0, 0.05) is 13.0 Å². The van der Waals surface area contributed by atoms with E-state index in [9.17, 15) is 18.0 Å². The normalized spacial score (nSPS) is 11.5. The quantitative estimate of drug-likeness (QED) is 0.838. The van der Waals surface area contributed by atoms with E-state index in [1.54, 1.807) is 0 Å². The molecular weight excluding hydrogens is 315 g/mol. The molecule has 0 spiro atoms. The molecule has 0 aliphatic carbocycles. The summed E-state index contributed by atoms with van der Waals surface area (Å²) in [6.45, 7) is -0.100. The minimum absolute atomic E-state index is 0.0216. The zero-order valence-electron chi connectivity index (χ0n) is 11.9. The van der Waals surface area contributed by atoms with E-state index in [2.05, 4.69) is 20.0 Å². The van der Waals surface area contributed by atoms with Crippen LogP contribution in [0.1, 0.15) is 22.8 Å². The number of alkyl halides is 3. The number of nitrogens with zero attached hydrogens (tertiary/aromatic N) is 2. The van der Waals surface area contributed by atoms with E-state index < -0.39 is 11.7 Å². The summed E-state index contributed by atoms with van der Waals surface area (Å²) < 4.78 is 42.0. The number of amides is 1. The van der Waals surface area contributed by atoms with Crippen molar-refractivity contribution in [2.24, 2.45) is 0 Å². The number of hydrogen-bond donors (Lipinski definition) is 2. The number of carbonyl (C=O) groups excluding carboxylic acids is 1. The third kappa shape index (κ3) is 5.06. The van der Waals surface area contributed by atoms with Crippen molar-refractivity contribution >= 4 is 5.91 Å². The van der Waals surface area contributed by atoms with E-state index in [1.165, 1.54) is 12.1 Å². The third-order valence-corrected chi connectivity index (χ3v) is 2.96. The molecular formula is C14H14F3N3O3. The topological polar surface area (TPSA) is 88.2 Å². The molecule has 124 valence electrons. The molecule has 0 aliphatic rings. The van der Waals surface area contributed by atoms with Crippen molar-refractivity contribution in [1.29, 1.82) is 0 Å². The highest BCUT2D eigenvalue weighted by molar-refractivity contribution is 5.78. The van der Waals surface area contributed by atoms with Crippen LogP contribution in [0.3, 0.4) is 0 Å². The van der Waals surface area contributed by atoms with Gasteiger partial charge >= 0.3 is 6.18 Å². The van der Waals surface area contributed by atoms with Gasteiger partial charge in [-0.2, -0.15) is 18.2 Å². The van der Waals surface area contributed by atoms with Crippen LogP contribution in [0.25, 0.3) is 0 Å². The van der Waals surface area contributed by atoms with Crippen LogP contribution in [0.2, 0.25) is 0 Å². The molecule has 0 atom stereocenters. The summed E-state index contributed by atoms with van der Waals surface area (Å²) in [6, 6.07) is 4.43. The molecule has 9 heteroatoms. The summed E-state index contributed by atoms with van der Waals surface area (Å²) in [4.78, 5) is 15.6. The molecule has 6 nitrogen and oxygen atoms in total. The minimum Gasteiger partial charge on any atom is -0.387 e. The highest BCUT2D eigenvalue weighted by Gasteiger charge is 2.29. The first-order chi connectivity index (χ1) is 10.9. The van der Waals surface area contributed by atoms with E-state index in [4.69, 9.17) is 5.11 Å². The first kappa shape index (κ1) is 16.9. The van der Waals surface area contributed by atoms with Crippen LogP contribution in [-0.4, -0.2) is 27.7 Å². The average Bonchev–Trinajstić information content (AvgIpc) is 2.95. The van der Waals surface area contributed by atoms with Crippen molar-refractivity contribution in [3.63, 3.8) is 0 Å². The Balaban J connectivity index is 1.78. The second-order valence-electron chi connectivity index (χ2n) is 4.73. The number of carbonyl (C=O) groups is 1. The van der Waals surface area contributed by atoms with Crippen molar-refractivity contribution in [1.82, 2.24) is 15.5 Å². The predicted molar refractivity (Wildman–Crippen MR) is 72.1 cm³/mol. The molecule has 0 saturated carbocycles. The van der Waals surface area contributed by atoms with E-state index in [-0.39, 0.29) is 31.4 Å². The van der Waals surface area contributed by atoms with Gasteiger partial charge in [-0.25, -0.2) is 0 Å². The van der Waals surface area contributed by atoms with Crippen molar-refractivity contribution in [2.45, 2.75) is 25.6 Å². The molecule has 1 amide bonds. The van der Waals surface area contributed by atoms with Gasteiger partial charge in [0.25, 0.3) is 5.89 Å². The fourth-order valence-electron chi connectivity index (χ4n) is 1.83. The molecule has 0 unspecified atom stereocenters. The third-order valence-electron chi connectivity index (χ3n) is 2.96. The summed E-state index contributed by atoms with van der Waals surface area (Å²) in [5.41, 5.74) is -0.268. The number of hydrogen-bond acceptors (Lipinski definition) is 5. The maximum atomic E-state index is 12.4. The van der Waals surface area contributed by atoms with Crippen LogP contribution >= 0.6 is 0 Å². The molecule has 1 heterocycles. The van der Waals surface area contributed by atoms with Gasteiger partial charge in [-0.15, -0.1) is 0 Å². The Kier molecular flexibility index (Phi) is 5.32. The largest absolute Gasteiger partial charge is 0.416 e. The molecule has 23 heavy (non-hydrogen) atoms. The van der Waals surface area contributed by atoms with Gasteiger partial charge in [0.15, 0.2) is 5.82 Å². The van der Waals surface area contributed by atoms with Crippen LogP contribution in [0.5, 0.6) is 0 Å². The van der Waals surface area contributed by atoms with Gasteiger partial charge in [0.1, 0.15) is 6.61 Å². The lowest BCUT2D eigenvalue weighted by Gasteiger charge is -2.08. The second-order valence-corrected chi connectivity index (χ2v) is 4.73. The highest BCUT2D eigenvalue weighted by Crippen LogP contribution is 2.29. The summed E-state index contributed by atoms with van der Waals surface area (Å²) >= 11 is 0. The Morgan fingerprint density at radius 2 is 1.96 bits per heavy atom. The Labute approximate surface area is 129 Å².